The van der Waals surface area contributed by atoms with Crippen molar-refractivity contribution < 1.29 is 4.39 Å². The zero-order chi connectivity index (χ0) is 10.3. The van der Waals surface area contributed by atoms with Gasteiger partial charge in [0.05, 0.1) is 5.38 Å². The Hall–Kier alpha value is -0.560. The summed E-state index contributed by atoms with van der Waals surface area (Å²) >= 11 is 6.27. The van der Waals surface area contributed by atoms with Gasteiger partial charge in [-0.15, -0.1) is 11.6 Å². The highest BCUT2D eigenvalue weighted by molar-refractivity contribution is 6.21. The number of hydrogen-bond donors (Lipinski definition) is 0. The van der Waals surface area contributed by atoms with E-state index < -0.39 is 0 Å². The third-order valence-corrected chi connectivity index (χ3v) is 3.91. The Labute approximate surface area is 89.1 Å². The van der Waals surface area contributed by atoms with Gasteiger partial charge >= 0.3 is 0 Å². The van der Waals surface area contributed by atoms with E-state index in [1.807, 2.05) is 6.07 Å². The molecule has 1 aliphatic carbocycles. The van der Waals surface area contributed by atoms with Gasteiger partial charge in [-0.1, -0.05) is 19.9 Å². The summed E-state index contributed by atoms with van der Waals surface area (Å²) in [6.07, 6.45) is 1.07. The molecule has 2 heteroatoms. The van der Waals surface area contributed by atoms with Gasteiger partial charge in [-0.2, -0.15) is 0 Å². The number of rotatable bonds is 1. The molecule has 0 radical (unpaired) electrons. The van der Waals surface area contributed by atoms with Crippen LogP contribution in [0.25, 0.3) is 0 Å². The molecule has 76 valence electrons. The summed E-state index contributed by atoms with van der Waals surface area (Å²) in [5, 5.41) is -0.0225. The standard InChI is InChI=1S/C12H14ClF/c1-3-9-7(2)12(13)11-6-8(14)4-5-10(9)11/h4-7,9,12H,3H2,1-2H3. The van der Waals surface area contributed by atoms with Crippen LogP contribution < -0.4 is 0 Å². The van der Waals surface area contributed by atoms with Crippen LogP contribution in [0, 0.1) is 11.7 Å². The molecule has 2 rings (SSSR count). The molecule has 0 heterocycles. The molecule has 0 fully saturated rings. The first-order valence-electron chi connectivity index (χ1n) is 5.08. The lowest BCUT2D eigenvalue weighted by Gasteiger charge is -2.15. The van der Waals surface area contributed by atoms with Crippen molar-refractivity contribution in [1.29, 1.82) is 0 Å². The third kappa shape index (κ3) is 1.35. The van der Waals surface area contributed by atoms with Crippen molar-refractivity contribution in [2.45, 2.75) is 31.6 Å². The third-order valence-electron chi connectivity index (χ3n) is 3.28. The number of alkyl halides is 1. The highest BCUT2D eigenvalue weighted by atomic mass is 35.5. The van der Waals surface area contributed by atoms with E-state index in [0.29, 0.717) is 11.8 Å². The van der Waals surface area contributed by atoms with Crippen LogP contribution in [0.2, 0.25) is 0 Å². The van der Waals surface area contributed by atoms with Crippen molar-refractivity contribution in [3.63, 3.8) is 0 Å². The average Bonchev–Trinajstić information content (AvgIpc) is 2.41. The van der Waals surface area contributed by atoms with E-state index in [1.54, 1.807) is 6.07 Å². The number of benzene rings is 1. The van der Waals surface area contributed by atoms with Crippen LogP contribution in [0.4, 0.5) is 4.39 Å². The monoisotopic (exact) mass is 212 g/mol. The molecule has 0 saturated carbocycles. The topological polar surface area (TPSA) is 0 Å². The number of halogens is 2. The van der Waals surface area contributed by atoms with E-state index in [2.05, 4.69) is 13.8 Å². The largest absolute Gasteiger partial charge is 0.207 e. The average molecular weight is 213 g/mol. The van der Waals surface area contributed by atoms with Crippen molar-refractivity contribution in [3.05, 3.63) is 35.1 Å². The van der Waals surface area contributed by atoms with Gasteiger partial charge in [-0.3, -0.25) is 0 Å². The van der Waals surface area contributed by atoms with Gasteiger partial charge < -0.3 is 0 Å². The molecule has 3 unspecified atom stereocenters. The fourth-order valence-electron chi connectivity index (χ4n) is 2.48. The molecule has 0 N–H and O–H groups in total. The zero-order valence-electron chi connectivity index (χ0n) is 8.43. The first-order valence-corrected chi connectivity index (χ1v) is 5.52. The quantitative estimate of drug-likeness (QED) is 0.611. The Kier molecular flexibility index (Phi) is 2.52. The van der Waals surface area contributed by atoms with Gasteiger partial charge in [0, 0.05) is 0 Å². The lowest BCUT2D eigenvalue weighted by Crippen LogP contribution is -2.03. The van der Waals surface area contributed by atoms with E-state index in [1.165, 1.54) is 11.6 Å². The summed E-state index contributed by atoms with van der Waals surface area (Å²) in [4.78, 5) is 0. The first-order chi connectivity index (χ1) is 6.65. The second-order valence-corrected chi connectivity index (χ2v) is 4.52. The minimum absolute atomic E-state index is 0.0225. The van der Waals surface area contributed by atoms with E-state index in [4.69, 9.17) is 11.6 Å². The molecule has 0 amide bonds. The molecular weight excluding hydrogens is 199 g/mol. The maximum Gasteiger partial charge on any atom is 0.123 e. The Balaban J connectivity index is 2.50. The Morgan fingerprint density at radius 3 is 2.71 bits per heavy atom. The van der Waals surface area contributed by atoms with Gasteiger partial charge in [0.1, 0.15) is 5.82 Å². The molecule has 0 bridgehead atoms. The normalized spacial score (nSPS) is 30.4. The highest BCUT2D eigenvalue weighted by Gasteiger charge is 2.35. The Morgan fingerprint density at radius 1 is 1.36 bits per heavy atom. The lowest BCUT2D eigenvalue weighted by molar-refractivity contribution is 0.476. The van der Waals surface area contributed by atoms with Crippen molar-refractivity contribution in [2.24, 2.45) is 5.92 Å². The first kappa shape index (κ1) is 9.97. The summed E-state index contributed by atoms with van der Waals surface area (Å²) in [6.45, 7) is 4.30. The maximum atomic E-state index is 13.0. The smallest absolute Gasteiger partial charge is 0.123 e. The molecule has 0 aliphatic heterocycles. The van der Waals surface area contributed by atoms with Gasteiger partial charge in [0.25, 0.3) is 0 Å². The SMILES string of the molecule is CCC1c2ccc(F)cc2C(Cl)C1C. The molecule has 1 aromatic carbocycles. The molecule has 14 heavy (non-hydrogen) atoms. The highest BCUT2D eigenvalue weighted by Crippen LogP contribution is 2.49. The molecule has 0 saturated heterocycles. The van der Waals surface area contributed by atoms with Crippen LogP contribution in [0.1, 0.15) is 42.7 Å². The number of hydrogen-bond acceptors (Lipinski definition) is 0. The maximum absolute atomic E-state index is 13.0. The second-order valence-electron chi connectivity index (χ2n) is 4.05. The van der Waals surface area contributed by atoms with Gasteiger partial charge in [-0.05, 0) is 41.5 Å². The predicted octanol–water partition coefficient (Wildman–Crippen LogP) is 4.25. The van der Waals surface area contributed by atoms with Crippen LogP contribution in [-0.2, 0) is 0 Å². The minimum Gasteiger partial charge on any atom is -0.207 e. The van der Waals surface area contributed by atoms with E-state index in [0.717, 1.165) is 12.0 Å². The summed E-state index contributed by atoms with van der Waals surface area (Å²) < 4.78 is 13.0. The fraction of sp³-hybridized carbons (Fsp3) is 0.500. The van der Waals surface area contributed by atoms with Crippen LogP contribution in [0.3, 0.4) is 0 Å². The Bertz CT molecular complexity index is 348. The van der Waals surface area contributed by atoms with Gasteiger partial charge in [-0.25, -0.2) is 4.39 Å². The Morgan fingerprint density at radius 2 is 2.07 bits per heavy atom. The molecule has 0 spiro atoms. The second kappa shape index (κ2) is 3.54. The molecule has 0 nitrogen and oxygen atoms in total. The van der Waals surface area contributed by atoms with Crippen molar-refractivity contribution >= 4 is 11.6 Å². The van der Waals surface area contributed by atoms with E-state index >= 15 is 0 Å². The van der Waals surface area contributed by atoms with Crippen LogP contribution in [0.15, 0.2) is 18.2 Å². The summed E-state index contributed by atoms with van der Waals surface area (Å²) in [6, 6.07) is 5.00. The molecule has 0 aromatic heterocycles. The van der Waals surface area contributed by atoms with Crippen LogP contribution in [0.5, 0.6) is 0 Å². The molecule has 1 aromatic rings. The summed E-state index contributed by atoms with van der Waals surface area (Å²) in [5.74, 6) is 0.727. The molecular formula is C12H14ClF. The van der Waals surface area contributed by atoms with Crippen LogP contribution in [-0.4, -0.2) is 0 Å². The fourth-order valence-corrected chi connectivity index (χ4v) is 2.85. The zero-order valence-corrected chi connectivity index (χ0v) is 9.18. The van der Waals surface area contributed by atoms with E-state index in [9.17, 15) is 4.39 Å². The molecule has 3 atom stereocenters. The van der Waals surface area contributed by atoms with E-state index in [-0.39, 0.29) is 11.2 Å². The van der Waals surface area contributed by atoms with Gasteiger partial charge in [0.15, 0.2) is 0 Å². The van der Waals surface area contributed by atoms with Crippen molar-refractivity contribution in [2.75, 3.05) is 0 Å². The van der Waals surface area contributed by atoms with Crippen LogP contribution >= 0.6 is 11.6 Å². The predicted molar refractivity (Wildman–Crippen MR) is 57.2 cm³/mol. The minimum atomic E-state index is -0.182. The van der Waals surface area contributed by atoms with Crippen molar-refractivity contribution in [3.8, 4) is 0 Å². The van der Waals surface area contributed by atoms with Crippen molar-refractivity contribution in [1.82, 2.24) is 0 Å². The summed E-state index contributed by atoms with van der Waals surface area (Å²) in [5.41, 5.74) is 2.23. The lowest BCUT2D eigenvalue weighted by atomic mass is 9.92. The number of fused-ring (bicyclic) bond motifs is 1. The summed E-state index contributed by atoms with van der Waals surface area (Å²) in [7, 11) is 0. The van der Waals surface area contributed by atoms with Gasteiger partial charge in [0.2, 0.25) is 0 Å². The molecule has 1 aliphatic rings.